The highest BCUT2D eigenvalue weighted by molar-refractivity contribution is 7.99. The Kier molecular flexibility index (Phi) is 6.85. The Morgan fingerprint density at radius 3 is 2.61 bits per heavy atom. The van der Waals surface area contributed by atoms with Gasteiger partial charge >= 0.3 is 0 Å². The molecule has 0 saturated heterocycles. The summed E-state index contributed by atoms with van der Waals surface area (Å²) in [4.78, 5) is 14.7. The fraction of sp³-hybridized carbons (Fsp3) is 0.348. The number of carbonyl (C=O) groups excluding carboxylic acids is 1. The quantitative estimate of drug-likeness (QED) is 0.502. The molecule has 33 heavy (non-hydrogen) atoms. The molecular weight excluding hydrogens is 445 g/mol. The van der Waals surface area contributed by atoms with Crippen molar-refractivity contribution in [2.75, 3.05) is 26.6 Å². The van der Waals surface area contributed by atoms with E-state index in [9.17, 15) is 9.18 Å². The maximum atomic E-state index is 13.5. The van der Waals surface area contributed by atoms with Crippen molar-refractivity contribution < 1.29 is 18.7 Å². The summed E-state index contributed by atoms with van der Waals surface area (Å²) in [5.41, 5.74) is 1.66. The average Bonchev–Trinajstić information content (AvgIpc) is 3.44. The maximum absolute atomic E-state index is 13.5. The van der Waals surface area contributed by atoms with Gasteiger partial charge in [-0.15, -0.1) is 10.2 Å². The molecule has 1 N–H and O–H groups in total. The first kappa shape index (κ1) is 23.1. The van der Waals surface area contributed by atoms with Gasteiger partial charge in [-0.3, -0.25) is 14.3 Å². The van der Waals surface area contributed by atoms with Crippen LogP contribution in [-0.2, 0) is 4.79 Å². The van der Waals surface area contributed by atoms with Crippen LogP contribution in [0.1, 0.15) is 37.3 Å². The molecule has 2 aromatic carbocycles. The van der Waals surface area contributed by atoms with E-state index in [1.165, 1.54) is 23.9 Å². The number of benzene rings is 2. The second kappa shape index (κ2) is 9.80. The van der Waals surface area contributed by atoms with Crippen LogP contribution in [0, 0.1) is 5.82 Å². The van der Waals surface area contributed by atoms with Gasteiger partial charge < -0.3 is 14.8 Å². The molecular formula is C23H26FN5O3S. The zero-order chi connectivity index (χ0) is 23.5. The minimum atomic E-state index is -0.319. The molecule has 2 heterocycles. The van der Waals surface area contributed by atoms with Crippen molar-refractivity contribution in [3.63, 3.8) is 0 Å². The number of carbonyl (C=O) groups is 1. The number of ether oxygens (including phenoxy) is 2. The lowest BCUT2D eigenvalue weighted by molar-refractivity contribution is -0.119. The Bertz CT molecular complexity index is 1140. The first-order valence-corrected chi connectivity index (χ1v) is 11.5. The summed E-state index contributed by atoms with van der Waals surface area (Å²) in [7, 11) is 3.90. The number of halogens is 1. The largest absolute Gasteiger partial charge is 0.454 e. The van der Waals surface area contributed by atoms with Gasteiger partial charge in [-0.05, 0) is 69.9 Å². The monoisotopic (exact) mass is 471 g/mol. The van der Waals surface area contributed by atoms with Crippen LogP contribution >= 0.6 is 11.8 Å². The molecule has 0 fully saturated rings. The van der Waals surface area contributed by atoms with Crippen LogP contribution in [0.2, 0.25) is 0 Å². The Hall–Kier alpha value is -3.11. The van der Waals surface area contributed by atoms with Gasteiger partial charge in [0.05, 0.1) is 17.8 Å². The highest BCUT2D eigenvalue weighted by Crippen LogP contribution is 2.34. The summed E-state index contributed by atoms with van der Waals surface area (Å²) in [6, 6.07) is 11.5. The molecule has 0 unspecified atom stereocenters. The number of nitrogens with zero attached hydrogens (tertiary/aromatic N) is 4. The number of hydrogen-bond acceptors (Lipinski definition) is 7. The van der Waals surface area contributed by atoms with Crippen LogP contribution < -0.4 is 14.8 Å². The maximum Gasteiger partial charge on any atom is 0.231 e. The third-order valence-electron chi connectivity index (χ3n) is 5.50. The summed E-state index contributed by atoms with van der Waals surface area (Å²) in [6.45, 7) is 4.13. The summed E-state index contributed by atoms with van der Waals surface area (Å²) in [6.07, 6.45) is 0. The van der Waals surface area contributed by atoms with E-state index in [0.717, 1.165) is 11.3 Å². The third kappa shape index (κ3) is 5.12. The van der Waals surface area contributed by atoms with E-state index >= 15 is 0 Å². The van der Waals surface area contributed by atoms with Crippen LogP contribution in [0.15, 0.2) is 47.6 Å². The van der Waals surface area contributed by atoms with Crippen molar-refractivity contribution in [2.24, 2.45) is 0 Å². The van der Waals surface area contributed by atoms with Gasteiger partial charge in [-0.2, -0.15) is 0 Å². The van der Waals surface area contributed by atoms with E-state index in [2.05, 4.69) is 15.5 Å². The molecule has 0 saturated carbocycles. The molecule has 174 valence electrons. The molecule has 0 bridgehead atoms. The van der Waals surface area contributed by atoms with E-state index < -0.39 is 0 Å². The van der Waals surface area contributed by atoms with Gasteiger partial charge in [-0.25, -0.2) is 4.39 Å². The minimum absolute atomic E-state index is 0.0308. The fourth-order valence-electron chi connectivity index (χ4n) is 3.39. The van der Waals surface area contributed by atoms with Gasteiger partial charge in [-0.1, -0.05) is 17.8 Å². The van der Waals surface area contributed by atoms with E-state index in [-0.39, 0.29) is 36.4 Å². The SMILES string of the molecule is C[C@@H](NC(=O)CSc1nnc([C@H](C)N(C)C)n1-c1ccc(F)cc1)c1ccc2c(c1)OCO2. The number of amides is 1. The van der Waals surface area contributed by atoms with Gasteiger partial charge in [0.15, 0.2) is 22.5 Å². The van der Waals surface area contributed by atoms with Crippen LogP contribution in [-0.4, -0.2) is 52.2 Å². The van der Waals surface area contributed by atoms with Crippen LogP contribution in [0.3, 0.4) is 0 Å². The van der Waals surface area contributed by atoms with Crippen molar-refractivity contribution in [3.8, 4) is 17.2 Å². The molecule has 10 heteroatoms. The molecule has 1 aliphatic rings. The Labute approximate surface area is 196 Å². The lowest BCUT2D eigenvalue weighted by atomic mass is 10.1. The fourth-order valence-corrected chi connectivity index (χ4v) is 4.16. The molecule has 1 aromatic heterocycles. The lowest BCUT2D eigenvalue weighted by Gasteiger charge is -2.20. The van der Waals surface area contributed by atoms with Gasteiger partial charge in [0.25, 0.3) is 0 Å². The average molecular weight is 472 g/mol. The standard InChI is InChI=1S/C23H26FN5O3S/c1-14(16-5-10-19-20(11-16)32-13-31-19)25-21(30)12-33-23-27-26-22(15(2)28(3)4)29(23)18-8-6-17(24)7-9-18/h5-11,14-15H,12-13H2,1-4H3,(H,25,30)/t14-,15+/m1/s1. The van der Waals surface area contributed by atoms with Crippen LogP contribution in [0.25, 0.3) is 5.69 Å². The highest BCUT2D eigenvalue weighted by Gasteiger charge is 2.22. The highest BCUT2D eigenvalue weighted by atomic mass is 32.2. The Morgan fingerprint density at radius 2 is 1.88 bits per heavy atom. The summed E-state index contributed by atoms with van der Waals surface area (Å²) >= 11 is 1.28. The van der Waals surface area contributed by atoms with Crippen molar-refractivity contribution in [1.29, 1.82) is 0 Å². The number of hydrogen-bond donors (Lipinski definition) is 1. The molecule has 0 aliphatic carbocycles. The zero-order valence-corrected chi connectivity index (χ0v) is 19.7. The molecule has 1 aliphatic heterocycles. The molecule has 1 amide bonds. The molecule has 8 nitrogen and oxygen atoms in total. The normalized spacial score (nSPS) is 14.4. The first-order chi connectivity index (χ1) is 15.8. The van der Waals surface area contributed by atoms with Crippen molar-refractivity contribution >= 4 is 17.7 Å². The number of rotatable bonds is 8. The van der Waals surface area contributed by atoms with E-state index in [4.69, 9.17) is 9.47 Å². The summed E-state index contributed by atoms with van der Waals surface area (Å²) in [5, 5.41) is 12.2. The van der Waals surface area contributed by atoms with E-state index in [1.54, 1.807) is 12.1 Å². The number of fused-ring (bicyclic) bond motifs is 1. The van der Waals surface area contributed by atoms with E-state index in [1.807, 2.05) is 55.6 Å². The van der Waals surface area contributed by atoms with Gasteiger partial charge in [0.2, 0.25) is 12.7 Å². The Balaban J connectivity index is 1.47. The second-order valence-corrected chi connectivity index (χ2v) is 8.93. The van der Waals surface area contributed by atoms with Crippen LogP contribution in [0.5, 0.6) is 11.5 Å². The molecule has 0 radical (unpaired) electrons. The lowest BCUT2D eigenvalue weighted by Crippen LogP contribution is -2.28. The predicted octanol–water partition coefficient (Wildman–Crippen LogP) is 3.73. The van der Waals surface area contributed by atoms with Crippen molar-refractivity contribution in [1.82, 2.24) is 25.0 Å². The minimum Gasteiger partial charge on any atom is -0.454 e. The Morgan fingerprint density at radius 1 is 1.15 bits per heavy atom. The molecule has 3 aromatic rings. The zero-order valence-electron chi connectivity index (χ0n) is 18.9. The number of nitrogens with one attached hydrogen (secondary N) is 1. The molecule has 4 rings (SSSR count). The first-order valence-electron chi connectivity index (χ1n) is 10.5. The van der Waals surface area contributed by atoms with E-state index in [0.29, 0.717) is 22.5 Å². The van der Waals surface area contributed by atoms with Gasteiger partial charge in [0.1, 0.15) is 5.82 Å². The summed E-state index contributed by atoms with van der Waals surface area (Å²) in [5.74, 6) is 1.79. The van der Waals surface area contributed by atoms with Crippen molar-refractivity contribution in [3.05, 3.63) is 59.7 Å². The van der Waals surface area contributed by atoms with Gasteiger partial charge in [0, 0.05) is 5.69 Å². The second-order valence-electron chi connectivity index (χ2n) is 7.98. The number of thioether (sulfide) groups is 1. The third-order valence-corrected chi connectivity index (χ3v) is 6.43. The smallest absolute Gasteiger partial charge is 0.231 e. The van der Waals surface area contributed by atoms with Crippen molar-refractivity contribution in [2.45, 2.75) is 31.1 Å². The van der Waals surface area contributed by atoms with Crippen LogP contribution in [0.4, 0.5) is 4.39 Å². The topological polar surface area (TPSA) is 81.5 Å². The predicted molar refractivity (Wildman–Crippen MR) is 123 cm³/mol. The molecule has 0 spiro atoms. The summed E-state index contributed by atoms with van der Waals surface area (Å²) < 4.78 is 26.1. The number of aromatic nitrogens is 3. The molecule has 2 atom stereocenters.